The molecule has 5 rings (SSSR count). The van der Waals surface area contributed by atoms with Gasteiger partial charge in [0.15, 0.2) is 0 Å². The first-order valence-electron chi connectivity index (χ1n) is 13.7. The standard InChI is InChI=1S/C30H36FN7O2/c1-37-9-11-38(12-10-37)24-5-6-25(28(18-24)35-22-7-13-40-14-8-22)30(39)36-29(33)26-17-23(34-19-27(26)32)16-20-3-2-4-21(31)15-20/h2-6,15,17-19,22,35H,7-14,16,32H2,1H3,(H2,33,36,39). The minimum atomic E-state index is -0.396. The molecule has 0 atom stereocenters. The highest BCUT2D eigenvalue weighted by Crippen LogP contribution is 2.27. The molecule has 5 N–H and O–H groups in total. The molecule has 3 heterocycles. The second-order valence-electron chi connectivity index (χ2n) is 10.4. The van der Waals surface area contributed by atoms with Crippen LogP contribution in [-0.4, -0.2) is 74.1 Å². The van der Waals surface area contributed by atoms with Gasteiger partial charge in [-0.15, -0.1) is 0 Å². The molecule has 9 nitrogen and oxygen atoms in total. The molecule has 0 spiro atoms. The lowest BCUT2D eigenvalue weighted by Gasteiger charge is -2.34. The number of hydrogen-bond donors (Lipinski definition) is 4. The topological polar surface area (TPSA) is 120 Å². The van der Waals surface area contributed by atoms with E-state index in [1.807, 2.05) is 24.3 Å². The number of amidine groups is 1. The predicted molar refractivity (Wildman–Crippen MR) is 156 cm³/mol. The maximum Gasteiger partial charge on any atom is 0.258 e. The highest BCUT2D eigenvalue weighted by molar-refractivity contribution is 6.15. The number of benzene rings is 2. The number of nitrogen functional groups attached to an aromatic ring is 1. The first kappa shape index (κ1) is 27.5. The number of amides is 1. The van der Waals surface area contributed by atoms with Gasteiger partial charge in [0.1, 0.15) is 11.7 Å². The van der Waals surface area contributed by atoms with Crippen LogP contribution in [0.4, 0.5) is 21.5 Å². The maximum absolute atomic E-state index is 13.6. The lowest BCUT2D eigenvalue weighted by molar-refractivity contribution is 0.0904. The Labute approximate surface area is 234 Å². The van der Waals surface area contributed by atoms with E-state index in [1.165, 1.54) is 18.3 Å². The lowest BCUT2D eigenvalue weighted by Crippen LogP contribution is -2.44. The van der Waals surface area contributed by atoms with Gasteiger partial charge >= 0.3 is 0 Å². The van der Waals surface area contributed by atoms with Gasteiger partial charge < -0.3 is 30.9 Å². The van der Waals surface area contributed by atoms with Crippen LogP contribution in [0.1, 0.15) is 40.0 Å². The Morgan fingerprint density at radius 1 is 1.10 bits per heavy atom. The van der Waals surface area contributed by atoms with Gasteiger partial charge in [0.05, 0.1) is 17.4 Å². The molecule has 1 aromatic heterocycles. The highest BCUT2D eigenvalue weighted by atomic mass is 19.1. The molecule has 2 aromatic carbocycles. The number of ether oxygens (including phenoxy) is 1. The number of carbonyl (C=O) groups is 1. The Balaban J connectivity index is 1.35. The van der Waals surface area contributed by atoms with Crippen molar-refractivity contribution >= 4 is 28.8 Å². The number of piperazine rings is 1. The molecule has 2 aliphatic rings. The molecule has 0 unspecified atom stereocenters. The van der Waals surface area contributed by atoms with Gasteiger partial charge in [0, 0.05) is 74.5 Å². The van der Waals surface area contributed by atoms with Crippen LogP contribution in [0.25, 0.3) is 0 Å². The van der Waals surface area contributed by atoms with E-state index >= 15 is 0 Å². The quantitative estimate of drug-likeness (QED) is 0.265. The van der Waals surface area contributed by atoms with E-state index in [4.69, 9.17) is 15.9 Å². The Hall–Kier alpha value is -4.02. The lowest BCUT2D eigenvalue weighted by atomic mass is 10.0. The van der Waals surface area contributed by atoms with Crippen molar-refractivity contribution in [2.75, 3.05) is 62.4 Å². The number of anilines is 3. The van der Waals surface area contributed by atoms with E-state index < -0.39 is 5.91 Å². The largest absolute Gasteiger partial charge is 0.397 e. The number of nitrogens with two attached hydrogens (primary N) is 1. The average Bonchev–Trinajstić information content (AvgIpc) is 2.95. The molecule has 1 amide bonds. The first-order valence-corrected chi connectivity index (χ1v) is 13.7. The van der Waals surface area contributed by atoms with E-state index in [0.29, 0.717) is 36.5 Å². The van der Waals surface area contributed by atoms with Gasteiger partial charge in [-0.05, 0) is 61.9 Å². The molecule has 40 heavy (non-hydrogen) atoms. The number of aromatic nitrogens is 1. The highest BCUT2D eigenvalue weighted by Gasteiger charge is 2.22. The van der Waals surface area contributed by atoms with Crippen molar-refractivity contribution in [1.29, 1.82) is 5.41 Å². The molecule has 2 fully saturated rings. The molecule has 3 aromatic rings. The third-order valence-corrected chi connectivity index (χ3v) is 7.47. The predicted octanol–water partition coefficient (Wildman–Crippen LogP) is 3.49. The fourth-order valence-electron chi connectivity index (χ4n) is 5.10. The Kier molecular flexibility index (Phi) is 8.57. The van der Waals surface area contributed by atoms with E-state index in [-0.39, 0.29) is 23.4 Å². The number of nitrogens with zero attached hydrogens (tertiary/aromatic N) is 3. The van der Waals surface area contributed by atoms with Crippen LogP contribution in [0, 0.1) is 11.2 Å². The zero-order chi connectivity index (χ0) is 28.1. The van der Waals surface area contributed by atoms with Crippen molar-refractivity contribution in [3.05, 3.63) is 82.9 Å². The molecule has 2 aliphatic heterocycles. The number of hydrogen-bond acceptors (Lipinski definition) is 8. The van der Waals surface area contributed by atoms with Gasteiger partial charge in [0.25, 0.3) is 5.91 Å². The maximum atomic E-state index is 13.6. The van der Waals surface area contributed by atoms with Crippen molar-refractivity contribution in [2.24, 2.45) is 0 Å². The molecular weight excluding hydrogens is 509 g/mol. The molecule has 10 heteroatoms. The summed E-state index contributed by atoms with van der Waals surface area (Å²) in [5.74, 6) is -0.838. The Morgan fingerprint density at radius 3 is 2.62 bits per heavy atom. The second-order valence-corrected chi connectivity index (χ2v) is 10.4. The van der Waals surface area contributed by atoms with Gasteiger partial charge in [-0.25, -0.2) is 4.39 Å². The van der Waals surface area contributed by atoms with E-state index in [9.17, 15) is 9.18 Å². The molecule has 0 saturated carbocycles. The monoisotopic (exact) mass is 545 g/mol. The Bertz CT molecular complexity index is 1370. The summed E-state index contributed by atoms with van der Waals surface area (Å²) in [7, 11) is 2.12. The molecule has 0 bridgehead atoms. The summed E-state index contributed by atoms with van der Waals surface area (Å²) in [5, 5.41) is 15.0. The molecule has 0 radical (unpaired) electrons. The van der Waals surface area contributed by atoms with Crippen LogP contribution < -0.4 is 21.3 Å². The summed E-state index contributed by atoms with van der Waals surface area (Å²) in [4.78, 5) is 22.5. The van der Waals surface area contributed by atoms with Crippen molar-refractivity contribution in [3.8, 4) is 0 Å². The van der Waals surface area contributed by atoms with Gasteiger partial charge in [-0.3, -0.25) is 15.2 Å². The fraction of sp³-hybridized carbons (Fsp3) is 0.367. The van der Waals surface area contributed by atoms with Crippen molar-refractivity contribution in [1.82, 2.24) is 15.2 Å². The fourth-order valence-corrected chi connectivity index (χ4v) is 5.10. The van der Waals surface area contributed by atoms with Gasteiger partial charge in [-0.1, -0.05) is 12.1 Å². The number of nitrogens with one attached hydrogen (secondary N) is 3. The summed E-state index contributed by atoms with van der Waals surface area (Å²) in [5.41, 5.74) is 10.4. The summed E-state index contributed by atoms with van der Waals surface area (Å²) >= 11 is 0. The molecular formula is C30H36FN7O2. The SMILES string of the molecule is CN1CCN(c2ccc(C(=O)NC(=N)c3cc(Cc4cccc(F)c4)ncc3N)c(NC3CCOCC3)c2)CC1. The van der Waals surface area contributed by atoms with Crippen LogP contribution in [-0.2, 0) is 11.2 Å². The minimum absolute atomic E-state index is 0.120. The Morgan fingerprint density at radius 2 is 1.88 bits per heavy atom. The van der Waals surface area contributed by atoms with Crippen LogP contribution in [0.5, 0.6) is 0 Å². The van der Waals surface area contributed by atoms with Crippen molar-refractivity contribution in [2.45, 2.75) is 25.3 Å². The van der Waals surface area contributed by atoms with Gasteiger partial charge in [0.2, 0.25) is 0 Å². The summed E-state index contributed by atoms with van der Waals surface area (Å²) < 4.78 is 19.1. The van der Waals surface area contributed by atoms with Crippen LogP contribution in [0.2, 0.25) is 0 Å². The third kappa shape index (κ3) is 6.75. The first-order chi connectivity index (χ1) is 19.4. The number of likely N-dealkylation sites (N-methyl/N-ethyl adjacent to an activating group) is 1. The van der Waals surface area contributed by atoms with Crippen molar-refractivity contribution < 1.29 is 13.9 Å². The molecule has 210 valence electrons. The smallest absolute Gasteiger partial charge is 0.258 e. The number of rotatable bonds is 7. The van der Waals surface area contributed by atoms with Gasteiger partial charge in [-0.2, -0.15) is 0 Å². The number of carbonyl (C=O) groups excluding carboxylic acids is 1. The van der Waals surface area contributed by atoms with Crippen LogP contribution in [0.3, 0.4) is 0 Å². The summed E-state index contributed by atoms with van der Waals surface area (Å²) in [6.07, 6.45) is 3.56. The second kappa shape index (κ2) is 12.4. The zero-order valence-electron chi connectivity index (χ0n) is 22.8. The normalized spacial score (nSPS) is 16.5. The average molecular weight is 546 g/mol. The third-order valence-electron chi connectivity index (χ3n) is 7.47. The summed E-state index contributed by atoms with van der Waals surface area (Å²) in [6, 6.07) is 14.0. The minimum Gasteiger partial charge on any atom is -0.397 e. The van der Waals surface area contributed by atoms with Crippen molar-refractivity contribution in [3.63, 3.8) is 0 Å². The summed E-state index contributed by atoms with van der Waals surface area (Å²) in [6.45, 7) is 5.17. The van der Waals surface area contributed by atoms with Crippen LogP contribution in [0.15, 0.2) is 54.7 Å². The van der Waals surface area contributed by atoms with E-state index in [2.05, 4.69) is 32.5 Å². The molecule has 0 aliphatic carbocycles. The number of halogens is 1. The number of pyridine rings is 1. The van der Waals surface area contributed by atoms with E-state index in [1.54, 1.807) is 12.1 Å². The van der Waals surface area contributed by atoms with Crippen LogP contribution >= 0.6 is 0 Å². The van der Waals surface area contributed by atoms with E-state index in [0.717, 1.165) is 56.0 Å². The molecule has 2 saturated heterocycles. The zero-order valence-corrected chi connectivity index (χ0v) is 22.8.